The molecule has 8 heteroatoms. The highest BCUT2D eigenvalue weighted by Gasteiger charge is 2.42. The van der Waals surface area contributed by atoms with Crippen molar-refractivity contribution in [2.24, 2.45) is 0 Å². The van der Waals surface area contributed by atoms with E-state index in [1.165, 1.54) is 34.0 Å². The summed E-state index contributed by atoms with van der Waals surface area (Å²) in [6, 6.07) is 54.5. The summed E-state index contributed by atoms with van der Waals surface area (Å²) in [6.07, 6.45) is -0.876. The van der Waals surface area contributed by atoms with Crippen LogP contribution in [0.25, 0.3) is 21.5 Å². The normalized spacial score (nSPS) is 18.3. The first-order valence-corrected chi connectivity index (χ1v) is 20.6. The number of urea groups is 1. The zero-order chi connectivity index (χ0) is 41.4. The van der Waals surface area contributed by atoms with Gasteiger partial charge in [0.05, 0.1) is 24.9 Å². The standard InChI is InChI=1S/C52H51N3O5/c1-35(57)47(29-36-13-5-3-6-14-36)54-52(58)53-31-37-21-27-41(28-22-37)51-59-48(49(39-15-7-4-8-16-39)50(60-51)40-25-23-38(34-56)24-26-40)33-55(2)32-46-44-19-11-9-17-42(44)30-43-18-10-12-20-45(43)46/h3-28,30,47-51,56H,29,31-34H2,1-2H3,(H2,53,54,58)/t47-,48-,49-,50+,51?/m1/s1. The SMILES string of the molecule is CC(=O)[C@@H](Cc1ccccc1)NC(=O)NCc1ccc(C2O[C@H](CN(C)Cc3c4ccccc4cc4ccccc34)[C@@H](c3ccccc3)[C@H](c3ccc(CO)cc3)O2)cc1. The van der Waals surface area contributed by atoms with Gasteiger partial charge < -0.3 is 25.2 Å². The minimum Gasteiger partial charge on any atom is -0.392 e. The third kappa shape index (κ3) is 9.49. The minimum atomic E-state index is -0.677. The van der Waals surface area contributed by atoms with E-state index in [1.54, 1.807) is 0 Å². The van der Waals surface area contributed by atoms with E-state index in [1.807, 2.05) is 84.9 Å². The molecule has 1 heterocycles. The van der Waals surface area contributed by atoms with Gasteiger partial charge in [-0.15, -0.1) is 0 Å². The van der Waals surface area contributed by atoms with E-state index in [0.717, 1.165) is 39.9 Å². The minimum absolute atomic E-state index is 0.0379. The molecule has 5 atom stereocenters. The summed E-state index contributed by atoms with van der Waals surface area (Å²) in [5.74, 6) is -0.244. The van der Waals surface area contributed by atoms with Crippen LogP contribution in [0.3, 0.4) is 0 Å². The van der Waals surface area contributed by atoms with Gasteiger partial charge in [-0.3, -0.25) is 9.69 Å². The van der Waals surface area contributed by atoms with Gasteiger partial charge in [0.25, 0.3) is 0 Å². The Labute approximate surface area is 351 Å². The van der Waals surface area contributed by atoms with Crippen molar-refractivity contribution >= 4 is 33.4 Å². The molecular formula is C52H51N3O5. The quantitative estimate of drug-likeness (QED) is 0.0949. The molecule has 1 aliphatic rings. The highest BCUT2D eigenvalue weighted by atomic mass is 16.7. The van der Waals surface area contributed by atoms with Crippen LogP contribution in [-0.2, 0) is 40.4 Å². The Morgan fingerprint density at radius 1 is 0.667 bits per heavy atom. The van der Waals surface area contributed by atoms with Crippen LogP contribution in [0, 0.1) is 0 Å². The Morgan fingerprint density at radius 2 is 1.25 bits per heavy atom. The third-order valence-corrected chi connectivity index (χ3v) is 11.6. The molecule has 304 valence electrons. The number of benzene rings is 7. The highest BCUT2D eigenvalue weighted by molar-refractivity contribution is 6.02. The molecule has 0 aromatic heterocycles. The van der Waals surface area contributed by atoms with Crippen LogP contribution in [0.15, 0.2) is 164 Å². The van der Waals surface area contributed by atoms with Crippen molar-refractivity contribution in [2.45, 2.75) is 63.5 Å². The highest BCUT2D eigenvalue weighted by Crippen LogP contribution is 2.47. The third-order valence-electron chi connectivity index (χ3n) is 11.6. The van der Waals surface area contributed by atoms with Gasteiger partial charge in [-0.05, 0) is 81.4 Å². The van der Waals surface area contributed by atoms with Gasteiger partial charge >= 0.3 is 6.03 Å². The molecule has 8 rings (SSSR count). The number of aliphatic hydroxyl groups is 1. The van der Waals surface area contributed by atoms with Crippen molar-refractivity contribution in [1.29, 1.82) is 0 Å². The molecule has 60 heavy (non-hydrogen) atoms. The summed E-state index contributed by atoms with van der Waals surface area (Å²) >= 11 is 0. The molecule has 1 fully saturated rings. The van der Waals surface area contributed by atoms with Crippen molar-refractivity contribution in [1.82, 2.24) is 15.5 Å². The number of ketones is 1. The van der Waals surface area contributed by atoms with Gasteiger partial charge in [-0.2, -0.15) is 0 Å². The maximum Gasteiger partial charge on any atom is 0.315 e. The number of fused-ring (bicyclic) bond motifs is 2. The van der Waals surface area contributed by atoms with Crippen LogP contribution in [-0.4, -0.2) is 47.6 Å². The Hall–Kier alpha value is -6.16. The topological polar surface area (TPSA) is 100 Å². The number of nitrogens with one attached hydrogen (secondary N) is 2. The lowest BCUT2D eigenvalue weighted by Gasteiger charge is -2.44. The lowest BCUT2D eigenvalue weighted by atomic mass is 9.83. The van der Waals surface area contributed by atoms with Crippen LogP contribution in [0.2, 0.25) is 0 Å². The monoisotopic (exact) mass is 797 g/mol. The molecule has 0 aliphatic carbocycles. The van der Waals surface area contributed by atoms with E-state index in [4.69, 9.17) is 9.47 Å². The molecular weight excluding hydrogens is 747 g/mol. The predicted octanol–water partition coefficient (Wildman–Crippen LogP) is 9.56. The van der Waals surface area contributed by atoms with Crippen molar-refractivity contribution in [3.05, 3.63) is 203 Å². The number of ether oxygens (including phenoxy) is 2. The summed E-state index contributed by atoms with van der Waals surface area (Å²) in [6.45, 7) is 3.09. The number of Topliss-reactive ketones (excluding diaryl/α,β-unsaturated/α-hetero) is 1. The van der Waals surface area contributed by atoms with E-state index in [9.17, 15) is 14.7 Å². The number of amides is 2. The smallest absolute Gasteiger partial charge is 0.315 e. The Morgan fingerprint density at radius 3 is 1.88 bits per heavy atom. The number of aliphatic hydroxyl groups excluding tert-OH is 1. The second kappa shape index (κ2) is 18.8. The van der Waals surface area contributed by atoms with Gasteiger partial charge in [0, 0.05) is 31.1 Å². The molecule has 0 saturated carbocycles. The number of carbonyl (C=O) groups excluding carboxylic acids is 2. The summed E-state index contributed by atoms with van der Waals surface area (Å²) in [5.41, 5.74) is 6.98. The number of hydrogen-bond donors (Lipinski definition) is 3. The molecule has 3 N–H and O–H groups in total. The summed E-state index contributed by atoms with van der Waals surface area (Å²) in [7, 11) is 2.16. The number of rotatable bonds is 14. The largest absolute Gasteiger partial charge is 0.392 e. The van der Waals surface area contributed by atoms with E-state index in [2.05, 4.69) is 101 Å². The Kier molecular flexibility index (Phi) is 12.7. The molecule has 1 aliphatic heterocycles. The molecule has 8 nitrogen and oxygen atoms in total. The molecule has 7 aromatic rings. The van der Waals surface area contributed by atoms with Crippen LogP contribution in [0.1, 0.15) is 64.2 Å². The molecule has 0 spiro atoms. The lowest BCUT2D eigenvalue weighted by molar-refractivity contribution is -0.263. The van der Waals surface area contributed by atoms with Crippen LogP contribution >= 0.6 is 0 Å². The van der Waals surface area contributed by atoms with Gasteiger partial charge in [0.1, 0.15) is 0 Å². The van der Waals surface area contributed by atoms with Gasteiger partial charge in [-0.25, -0.2) is 4.79 Å². The van der Waals surface area contributed by atoms with Crippen LogP contribution in [0.5, 0.6) is 0 Å². The van der Waals surface area contributed by atoms with E-state index >= 15 is 0 Å². The number of likely N-dealkylation sites (N-methyl/N-ethyl adjacent to an activating group) is 1. The molecule has 1 saturated heterocycles. The fraction of sp³-hybridized carbons (Fsp3) is 0.231. The molecule has 0 radical (unpaired) electrons. The van der Waals surface area contributed by atoms with Crippen molar-refractivity contribution < 1.29 is 24.2 Å². The number of hydrogen-bond acceptors (Lipinski definition) is 6. The molecule has 7 aromatic carbocycles. The van der Waals surface area contributed by atoms with Crippen LogP contribution < -0.4 is 10.6 Å². The fourth-order valence-corrected chi connectivity index (χ4v) is 8.42. The maximum absolute atomic E-state index is 12.9. The van der Waals surface area contributed by atoms with E-state index in [0.29, 0.717) is 13.0 Å². The summed E-state index contributed by atoms with van der Waals surface area (Å²) in [4.78, 5) is 27.7. The van der Waals surface area contributed by atoms with E-state index < -0.39 is 18.4 Å². The maximum atomic E-state index is 12.9. The van der Waals surface area contributed by atoms with Crippen LogP contribution in [0.4, 0.5) is 4.79 Å². The van der Waals surface area contributed by atoms with Crippen molar-refractivity contribution in [3.8, 4) is 0 Å². The first-order valence-electron chi connectivity index (χ1n) is 20.6. The zero-order valence-corrected chi connectivity index (χ0v) is 34.0. The first-order chi connectivity index (χ1) is 29.3. The number of nitrogens with zero attached hydrogens (tertiary/aromatic N) is 1. The Balaban J connectivity index is 1.05. The second-order valence-corrected chi connectivity index (χ2v) is 15.8. The van der Waals surface area contributed by atoms with Gasteiger partial charge in [0.15, 0.2) is 12.1 Å². The van der Waals surface area contributed by atoms with Crippen molar-refractivity contribution in [3.63, 3.8) is 0 Å². The molecule has 2 amide bonds. The first kappa shape index (κ1) is 40.6. The van der Waals surface area contributed by atoms with Gasteiger partial charge in [-0.1, -0.05) is 158 Å². The lowest BCUT2D eigenvalue weighted by Crippen LogP contribution is -2.46. The zero-order valence-electron chi connectivity index (χ0n) is 34.0. The molecule has 0 bridgehead atoms. The van der Waals surface area contributed by atoms with Crippen molar-refractivity contribution in [2.75, 3.05) is 13.6 Å². The predicted molar refractivity (Wildman–Crippen MR) is 237 cm³/mol. The molecule has 1 unspecified atom stereocenters. The van der Waals surface area contributed by atoms with Gasteiger partial charge in [0.2, 0.25) is 0 Å². The Bertz CT molecular complexity index is 2470. The fourth-order valence-electron chi connectivity index (χ4n) is 8.42. The number of carbonyl (C=O) groups is 2. The van der Waals surface area contributed by atoms with E-state index in [-0.39, 0.29) is 37.1 Å². The average Bonchev–Trinajstić information content (AvgIpc) is 3.28. The second-order valence-electron chi connectivity index (χ2n) is 15.8. The average molecular weight is 798 g/mol. The summed E-state index contributed by atoms with van der Waals surface area (Å²) < 4.78 is 14.0. The summed E-state index contributed by atoms with van der Waals surface area (Å²) in [5, 5.41) is 20.5.